The molecule has 3 heteroatoms. The van der Waals surface area contributed by atoms with Crippen molar-refractivity contribution < 1.29 is 4.79 Å². The molecule has 78 valence electrons. The zero-order valence-corrected chi connectivity index (χ0v) is 9.42. The maximum Gasteiger partial charge on any atom is 0.242 e. The molecule has 0 aliphatic rings. The summed E-state index contributed by atoms with van der Waals surface area (Å²) in [6, 6.07) is 0.315. The van der Waals surface area contributed by atoms with Crippen LogP contribution < -0.4 is 5.73 Å². The molecule has 13 heavy (non-hydrogen) atoms. The predicted octanol–water partition coefficient (Wildman–Crippen LogP) is 1.37. The fraction of sp³-hybridized carbons (Fsp3) is 0.900. The average molecular weight is 186 g/mol. The molecule has 2 N–H and O–H groups in total. The Balaban J connectivity index is 4.41. The molecule has 0 atom stereocenters. The molecule has 0 spiro atoms. The molecule has 0 aliphatic heterocycles. The Labute approximate surface area is 81.3 Å². The third-order valence-electron chi connectivity index (χ3n) is 2.36. The van der Waals surface area contributed by atoms with Crippen molar-refractivity contribution in [2.45, 2.75) is 52.1 Å². The van der Waals surface area contributed by atoms with E-state index >= 15 is 0 Å². The molecule has 1 amide bonds. The fourth-order valence-corrected chi connectivity index (χ4v) is 1.46. The molecule has 0 heterocycles. The first-order valence-electron chi connectivity index (χ1n) is 4.90. The molecular formula is C10H22N2O. The number of hydrogen-bond donors (Lipinski definition) is 1. The van der Waals surface area contributed by atoms with E-state index in [0.717, 1.165) is 12.8 Å². The highest BCUT2D eigenvalue weighted by atomic mass is 16.2. The van der Waals surface area contributed by atoms with E-state index in [4.69, 9.17) is 5.73 Å². The topological polar surface area (TPSA) is 46.3 Å². The quantitative estimate of drug-likeness (QED) is 0.720. The van der Waals surface area contributed by atoms with Crippen LogP contribution in [0.2, 0.25) is 0 Å². The molecule has 0 aliphatic carbocycles. The summed E-state index contributed by atoms with van der Waals surface area (Å²) in [7, 11) is 1.83. The van der Waals surface area contributed by atoms with Crippen molar-refractivity contribution in [1.82, 2.24) is 4.90 Å². The summed E-state index contributed by atoms with van der Waals surface area (Å²) in [6.07, 6.45) is 1.96. The second-order valence-electron chi connectivity index (χ2n) is 4.11. The van der Waals surface area contributed by atoms with Crippen LogP contribution in [0, 0.1) is 0 Å². The number of likely N-dealkylation sites (N-methyl/N-ethyl adjacent to an activating group) is 1. The first-order chi connectivity index (χ1) is 5.84. The van der Waals surface area contributed by atoms with Crippen LogP contribution in [0.25, 0.3) is 0 Å². The molecule has 0 aromatic rings. The predicted molar refractivity (Wildman–Crippen MR) is 55.4 cm³/mol. The normalized spacial score (nSPS) is 11.9. The number of carbonyl (C=O) groups excluding carboxylic acids is 1. The first kappa shape index (κ1) is 12.4. The zero-order valence-electron chi connectivity index (χ0n) is 9.42. The van der Waals surface area contributed by atoms with Gasteiger partial charge in [0.15, 0.2) is 0 Å². The van der Waals surface area contributed by atoms with Gasteiger partial charge in [-0.2, -0.15) is 0 Å². The van der Waals surface area contributed by atoms with E-state index in [1.54, 1.807) is 18.7 Å². The summed E-state index contributed by atoms with van der Waals surface area (Å²) in [5.74, 6) is 0.0150. The van der Waals surface area contributed by atoms with Crippen molar-refractivity contribution in [3.05, 3.63) is 0 Å². The number of carbonyl (C=O) groups is 1. The number of hydrogen-bond acceptors (Lipinski definition) is 2. The summed E-state index contributed by atoms with van der Waals surface area (Å²) in [6.45, 7) is 7.66. The largest absolute Gasteiger partial charge is 0.341 e. The van der Waals surface area contributed by atoms with Crippen molar-refractivity contribution in [2.24, 2.45) is 5.73 Å². The molecule has 0 bridgehead atoms. The van der Waals surface area contributed by atoms with E-state index < -0.39 is 5.54 Å². The molecule has 0 fully saturated rings. The molecule has 0 rings (SSSR count). The van der Waals surface area contributed by atoms with Gasteiger partial charge in [0.05, 0.1) is 5.54 Å². The van der Waals surface area contributed by atoms with Gasteiger partial charge < -0.3 is 10.6 Å². The van der Waals surface area contributed by atoms with Crippen molar-refractivity contribution in [1.29, 1.82) is 0 Å². The van der Waals surface area contributed by atoms with Gasteiger partial charge in [-0.25, -0.2) is 0 Å². The Bertz CT molecular complexity index is 168. The molecule has 3 nitrogen and oxygen atoms in total. The lowest BCUT2D eigenvalue weighted by Gasteiger charge is -2.31. The Morgan fingerprint density at radius 2 is 1.77 bits per heavy atom. The summed E-state index contributed by atoms with van der Waals surface area (Å²) in [5.41, 5.74) is 4.98. The maximum atomic E-state index is 11.7. The lowest BCUT2D eigenvalue weighted by atomic mass is 10.0. The van der Waals surface area contributed by atoms with Crippen LogP contribution in [0.5, 0.6) is 0 Å². The summed E-state index contributed by atoms with van der Waals surface area (Å²) >= 11 is 0. The van der Waals surface area contributed by atoms with Crippen LogP contribution in [-0.4, -0.2) is 29.4 Å². The van der Waals surface area contributed by atoms with E-state index in [9.17, 15) is 4.79 Å². The molecule has 0 radical (unpaired) electrons. The third kappa shape index (κ3) is 3.35. The first-order valence-corrected chi connectivity index (χ1v) is 4.90. The Morgan fingerprint density at radius 1 is 1.38 bits per heavy atom. The third-order valence-corrected chi connectivity index (χ3v) is 2.36. The van der Waals surface area contributed by atoms with Gasteiger partial charge >= 0.3 is 0 Å². The SMILES string of the molecule is CCC(CC)N(C)C(=O)C(C)(C)N. The van der Waals surface area contributed by atoms with Crippen LogP contribution in [-0.2, 0) is 4.79 Å². The second-order valence-corrected chi connectivity index (χ2v) is 4.11. The smallest absolute Gasteiger partial charge is 0.242 e. The van der Waals surface area contributed by atoms with Crippen molar-refractivity contribution in [3.63, 3.8) is 0 Å². The number of rotatable bonds is 4. The standard InChI is InChI=1S/C10H22N2O/c1-6-8(7-2)12(5)9(13)10(3,4)11/h8H,6-7,11H2,1-5H3. The van der Waals surface area contributed by atoms with E-state index in [-0.39, 0.29) is 5.91 Å². The highest BCUT2D eigenvalue weighted by molar-refractivity contribution is 5.85. The van der Waals surface area contributed by atoms with Gasteiger partial charge in [-0.05, 0) is 26.7 Å². The highest BCUT2D eigenvalue weighted by Crippen LogP contribution is 2.11. The summed E-state index contributed by atoms with van der Waals surface area (Å²) in [4.78, 5) is 13.5. The lowest BCUT2D eigenvalue weighted by molar-refractivity contribution is -0.136. The second kappa shape index (κ2) is 4.61. The van der Waals surface area contributed by atoms with Gasteiger partial charge in [-0.3, -0.25) is 4.79 Å². The van der Waals surface area contributed by atoms with Gasteiger partial charge in [0.2, 0.25) is 5.91 Å². The van der Waals surface area contributed by atoms with Crippen LogP contribution >= 0.6 is 0 Å². The van der Waals surface area contributed by atoms with Crippen molar-refractivity contribution >= 4 is 5.91 Å². The molecule has 0 aromatic carbocycles. The number of nitrogens with two attached hydrogens (primary N) is 1. The Morgan fingerprint density at radius 3 is 2.00 bits per heavy atom. The summed E-state index contributed by atoms with van der Waals surface area (Å²) < 4.78 is 0. The van der Waals surface area contributed by atoms with Gasteiger partial charge in [-0.15, -0.1) is 0 Å². The fourth-order valence-electron chi connectivity index (χ4n) is 1.46. The molecule has 0 saturated heterocycles. The Kier molecular flexibility index (Phi) is 4.40. The van der Waals surface area contributed by atoms with Gasteiger partial charge in [-0.1, -0.05) is 13.8 Å². The maximum absolute atomic E-state index is 11.7. The minimum atomic E-state index is -0.753. The molecule has 0 saturated carbocycles. The Hall–Kier alpha value is -0.570. The van der Waals surface area contributed by atoms with E-state index in [0.29, 0.717) is 6.04 Å². The monoisotopic (exact) mass is 186 g/mol. The molecular weight excluding hydrogens is 164 g/mol. The van der Waals surface area contributed by atoms with E-state index in [1.807, 2.05) is 7.05 Å². The van der Waals surface area contributed by atoms with E-state index in [1.165, 1.54) is 0 Å². The van der Waals surface area contributed by atoms with Gasteiger partial charge in [0.1, 0.15) is 0 Å². The zero-order chi connectivity index (χ0) is 10.6. The minimum Gasteiger partial charge on any atom is -0.341 e. The number of amides is 1. The molecule has 0 unspecified atom stereocenters. The van der Waals surface area contributed by atoms with Gasteiger partial charge in [0.25, 0.3) is 0 Å². The summed E-state index contributed by atoms with van der Waals surface area (Å²) in [5, 5.41) is 0. The van der Waals surface area contributed by atoms with Crippen molar-refractivity contribution in [3.8, 4) is 0 Å². The van der Waals surface area contributed by atoms with Crippen LogP contribution in [0.1, 0.15) is 40.5 Å². The lowest BCUT2D eigenvalue weighted by Crippen LogP contribution is -2.52. The minimum absolute atomic E-state index is 0.0150. The van der Waals surface area contributed by atoms with E-state index in [2.05, 4.69) is 13.8 Å². The van der Waals surface area contributed by atoms with Gasteiger partial charge in [0, 0.05) is 13.1 Å². The van der Waals surface area contributed by atoms with Crippen LogP contribution in [0.4, 0.5) is 0 Å². The van der Waals surface area contributed by atoms with Crippen molar-refractivity contribution in [2.75, 3.05) is 7.05 Å². The number of nitrogens with zero attached hydrogens (tertiary/aromatic N) is 1. The highest BCUT2D eigenvalue weighted by Gasteiger charge is 2.28. The van der Waals surface area contributed by atoms with Crippen LogP contribution in [0.15, 0.2) is 0 Å². The van der Waals surface area contributed by atoms with Crippen LogP contribution in [0.3, 0.4) is 0 Å². The average Bonchev–Trinajstić information content (AvgIpc) is 2.03. The molecule has 0 aromatic heterocycles.